The van der Waals surface area contributed by atoms with Gasteiger partial charge < -0.3 is 9.84 Å². The first kappa shape index (κ1) is 27.9. The van der Waals surface area contributed by atoms with Crippen molar-refractivity contribution >= 4 is 29.5 Å². The molecular formula is C23H41N2O5S. The molecule has 31 heavy (non-hydrogen) atoms. The first-order valence-corrected chi connectivity index (χ1v) is 12.7. The third kappa shape index (κ3) is 9.10. The number of thioether (sulfide) groups is 1. The van der Waals surface area contributed by atoms with Crippen LogP contribution in [0.1, 0.15) is 73.1 Å². The van der Waals surface area contributed by atoms with Crippen molar-refractivity contribution in [3.63, 3.8) is 0 Å². The first-order valence-electron chi connectivity index (χ1n) is 11.6. The van der Waals surface area contributed by atoms with E-state index < -0.39 is 30.1 Å². The number of likely N-dealkylation sites (tertiary alicyclic amines) is 1. The van der Waals surface area contributed by atoms with E-state index in [1.807, 2.05) is 13.8 Å². The van der Waals surface area contributed by atoms with Crippen molar-refractivity contribution in [2.24, 2.45) is 0 Å². The molecule has 1 fully saturated rings. The van der Waals surface area contributed by atoms with Gasteiger partial charge in [0.05, 0.1) is 18.7 Å². The molecule has 0 aromatic rings. The van der Waals surface area contributed by atoms with Crippen LogP contribution >= 0.6 is 11.8 Å². The zero-order chi connectivity index (χ0) is 23.4. The fraction of sp³-hybridized carbons (Fsp3) is 0.826. The van der Waals surface area contributed by atoms with Gasteiger partial charge in [0.1, 0.15) is 12.1 Å². The number of carboxylic acids is 1. The minimum Gasteiger partial charge on any atom is -0.480 e. The van der Waals surface area contributed by atoms with Gasteiger partial charge in [0.2, 0.25) is 0 Å². The Morgan fingerprint density at radius 1 is 1.19 bits per heavy atom. The van der Waals surface area contributed by atoms with E-state index in [4.69, 9.17) is 4.74 Å². The van der Waals surface area contributed by atoms with Crippen molar-refractivity contribution in [3.8, 4) is 0 Å². The summed E-state index contributed by atoms with van der Waals surface area (Å²) in [5.41, 5.74) is 0. The van der Waals surface area contributed by atoms with Crippen LogP contribution in [-0.2, 0) is 19.1 Å². The molecule has 0 aliphatic carbocycles. The molecule has 4 atom stereocenters. The zero-order valence-corrected chi connectivity index (χ0v) is 20.6. The number of Topliss-reactive ketones (excluding diaryl/α,β-unsaturated/α-hetero) is 1. The van der Waals surface area contributed by atoms with Crippen LogP contribution in [-0.4, -0.2) is 76.6 Å². The van der Waals surface area contributed by atoms with Crippen LogP contribution in [0.25, 0.3) is 0 Å². The molecule has 0 spiro atoms. The van der Waals surface area contributed by atoms with Crippen molar-refractivity contribution < 1.29 is 24.2 Å². The average molecular weight is 458 g/mol. The topological polar surface area (TPSA) is 95.9 Å². The number of hydrogen-bond donors (Lipinski definition) is 2. The van der Waals surface area contributed by atoms with E-state index in [-0.39, 0.29) is 11.8 Å². The van der Waals surface area contributed by atoms with Crippen LogP contribution in [0, 0.1) is 5.92 Å². The van der Waals surface area contributed by atoms with Gasteiger partial charge in [0, 0.05) is 5.75 Å². The fourth-order valence-electron chi connectivity index (χ4n) is 4.02. The number of nitrogens with zero attached hydrogens (tertiary/aromatic N) is 1. The Morgan fingerprint density at radius 2 is 1.90 bits per heavy atom. The van der Waals surface area contributed by atoms with Crippen LogP contribution in [0.15, 0.2) is 0 Å². The molecule has 2 N–H and O–H groups in total. The second-order valence-corrected chi connectivity index (χ2v) is 9.59. The minimum absolute atomic E-state index is 0.101. The van der Waals surface area contributed by atoms with Gasteiger partial charge in [0.15, 0.2) is 5.78 Å². The highest BCUT2D eigenvalue weighted by Crippen LogP contribution is 2.26. The number of carbonyl (C=O) groups excluding carboxylic acids is 2. The largest absolute Gasteiger partial charge is 0.480 e. The van der Waals surface area contributed by atoms with E-state index >= 15 is 0 Å². The Bertz CT molecular complexity index is 572. The predicted octanol–water partition coefficient (Wildman–Crippen LogP) is 3.31. The van der Waals surface area contributed by atoms with Gasteiger partial charge in [-0.15, -0.1) is 0 Å². The van der Waals surface area contributed by atoms with Gasteiger partial charge >= 0.3 is 11.9 Å². The third-order valence-electron chi connectivity index (χ3n) is 5.60. The van der Waals surface area contributed by atoms with E-state index in [0.717, 1.165) is 24.5 Å². The summed E-state index contributed by atoms with van der Waals surface area (Å²) in [5.74, 6) is 1.05. The van der Waals surface area contributed by atoms with Crippen molar-refractivity contribution in [1.82, 2.24) is 10.2 Å². The van der Waals surface area contributed by atoms with E-state index in [1.165, 1.54) is 19.3 Å². The summed E-state index contributed by atoms with van der Waals surface area (Å²) in [6.45, 7) is 10.3. The van der Waals surface area contributed by atoms with Crippen molar-refractivity contribution in [3.05, 3.63) is 5.92 Å². The number of hydrogen-bond acceptors (Lipinski definition) is 7. The molecular weight excluding hydrogens is 416 g/mol. The fourth-order valence-corrected chi connectivity index (χ4v) is 5.07. The van der Waals surface area contributed by atoms with Crippen LogP contribution in [0.4, 0.5) is 0 Å². The van der Waals surface area contributed by atoms with E-state index in [2.05, 4.69) is 12.2 Å². The maximum absolute atomic E-state index is 13.3. The van der Waals surface area contributed by atoms with Gasteiger partial charge in [-0.1, -0.05) is 40.0 Å². The van der Waals surface area contributed by atoms with Gasteiger partial charge in [-0.2, -0.15) is 11.8 Å². The smallest absolute Gasteiger partial charge is 0.324 e. The Balaban J connectivity index is 2.78. The third-order valence-corrected chi connectivity index (χ3v) is 6.75. The van der Waals surface area contributed by atoms with E-state index in [1.54, 1.807) is 30.5 Å². The molecule has 1 saturated heterocycles. The quantitative estimate of drug-likeness (QED) is 0.269. The average Bonchev–Trinajstić information content (AvgIpc) is 3.19. The number of ether oxygens (including phenoxy) is 1. The molecule has 7 nitrogen and oxygen atoms in total. The van der Waals surface area contributed by atoms with Crippen LogP contribution < -0.4 is 5.32 Å². The molecule has 0 bridgehead atoms. The number of unbranched alkanes of at least 4 members (excludes halogenated alkanes) is 3. The number of esters is 1. The Morgan fingerprint density at radius 3 is 2.48 bits per heavy atom. The van der Waals surface area contributed by atoms with Gasteiger partial charge in [0.25, 0.3) is 0 Å². The van der Waals surface area contributed by atoms with Crippen LogP contribution in [0.3, 0.4) is 0 Å². The summed E-state index contributed by atoms with van der Waals surface area (Å²) in [4.78, 5) is 39.2. The van der Waals surface area contributed by atoms with Gasteiger partial charge in [-0.3, -0.25) is 24.6 Å². The lowest BCUT2D eigenvalue weighted by atomic mass is 9.93. The number of ketones is 1. The molecule has 0 aromatic heterocycles. The maximum Gasteiger partial charge on any atom is 0.324 e. The number of carboxylic acid groups (broad SMARTS) is 1. The maximum atomic E-state index is 13.3. The lowest BCUT2D eigenvalue weighted by Gasteiger charge is -2.34. The van der Waals surface area contributed by atoms with Crippen LogP contribution in [0.2, 0.25) is 0 Å². The Kier molecular flexibility index (Phi) is 13.4. The number of rotatable bonds is 16. The second-order valence-electron chi connectivity index (χ2n) is 8.44. The van der Waals surface area contributed by atoms with Crippen molar-refractivity contribution in [2.45, 2.75) is 97.3 Å². The molecule has 1 rings (SSSR count). The number of carbonyl (C=O) groups is 3. The van der Waals surface area contributed by atoms with Crippen molar-refractivity contribution in [2.75, 3.05) is 24.7 Å². The summed E-state index contributed by atoms with van der Waals surface area (Å²) in [6, 6.07) is -2.38. The van der Waals surface area contributed by atoms with Gasteiger partial charge in [-0.05, 0) is 51.3 Å². The summed E-state index contributed by atoms with van der Waals surface area (Å²) >= 11 is 1.70. The second kappa shape index (κ2) is 14.9. The molecule has 0 saturated carbocycles. The lowest BCUT2D eigenvalue weighted by Crippen LogP contribution is -2.56. The molecule has 1 unspecified atom stereocenters. The normalized spacial score (nSPS) is 19.9. The molecule has 0 aromatic carbocycles. The predicted molar refractivity (Wildman–Crippen MR) is 125 cm³/mol. The molecule has 8 heteroatoms. The van der Waals surface area contributed by atoms with Crippen molar-refractivity contribution in [1.29, 1.82) is 0 Å². The highest BCUT2D eigenvalue weighted by molar-refractivity contribution is 7.99. The first-order chi connectivity index (χ1) is 14.7. The molecule has 179 valence electrons. The number of nitrogens with one attached hydrogen (secondary N) is 1. The van der Waals surface area contributed by atoms with E-state index in [0.29, 0.717) is 25.3 Å². The molecule has 1 heterocycles. The minimum atomic E-state index is -0.888. The van der Waals surface area contributed by atoms with E-state index in [9.17, 15) is 19.5 Å². The van der Waals surface area contributed by atoms with Gasteiger partial charge in [-0.25, -0.2) is 0 Å². The van der Waals surface area contributed by atoms with Crippen LogP contribution in [0.5, 0.6) is 0 Å². The highest BCUT2D eigenvalue weighted by Gasteiger charge is 2.41. The monoisotopic (exact) mass is 457 g/mol. The Hall–Kier alpha value is -1.12. The highest BCUT2D eigenvalue weighted by atomic mass is 32.2. The number of aliphatic carboxylic acids is 1. The lowest BCUT2D eigenvalue weighted by molar-refractivity contribution is -0.145. The Labute approximate surface area is 192 Å². The SMILES string of the molecule is CCCCCCSC[C@H](N[C@@H](C)C(=O)C([C](C)C)N1CCC[C@H]1C(=O)O)C(=O)OCC. The summed E-state index contributed by atoms with van der Waals surface area (Å²) in [5, 5.41) is 12.7. The molecule has 1 radical (unpaired) electrons. The summed E-state index contributed by atoms with van der Waals surface area (Å²) in [6.07, 6.45) is 6.01. The molecule has 1 aliphatic heterocycles. The standard InChI is InChI=1S/C23H41N2O5S/c1-6-8-9-10-14-31-15-18(23(29)30-7-2)24-17(5)21(26)20(16(3)4)25-13-11-12-19(25)22(27)28/h17-20,24H,6-15H2,1-5H3,(H,27,28)/t17-,18-,19-,20?/m0/s1. The summed E-state index contributed by atoms with van der Waals surface area (Å²) in [7, 11) is 0. The summed E-state index contributed by atoms with van der Waals surface area (Å²) < 4.78 is 5.22. The molecule has 0 amide bonds. The zero-order valence-electron chi connectivity index (χ0n) is 19.8. The molecule has 1 aliphatic rings.